The highest BCUT2D eigenvalue weighted by molar-refractivity contribution is 5.19. The Balaban J connectivity index is 2.10. The van der Waals surface area contributed by atoms with Crippen molar-refractivity contribution in [1.82, 2.24) is 4.98 Å². The summed E-state index contributed by atoms with van der Waals surface area (Å²) in [5, 5.41) is 9.55. The zero-order valence-electron chi connectivity index (χ0n) is 7.88. The Morgan fingerprint density at radius 2 is 2.00 bits per heavy atom. The molecular formula is C10H10F3NO. The summed E-state index contributed by atoms with van der Waals surface area (Å²) in [6.07, 6.45) is -1.79. The highest BCUT2D eigenvalue weighted by Gasteiger charge is 2.40. The topological polar surface area (TPSA) is 33.1 Å². The summed E-state index contributed by atoms with van der Waals surface area (Å²) in [7, 11) is 0. The molecule has 1 aromatic heterocycles. The number of alkyl halides is 3. The van der Waals surface area contributed by atoms with Crippen molar-refractivity contribution in [2.45, 2.75) is 31.0 Å². The number of halogens is 3. The van der Waals surface area contributed by atoms with Gasteiger partial charge < -0.3 is 5.11 Å². The molecule has 2 rings (SSSR count). The fraction of sp³-hybridized carbons (Fsp3) is 0.500. The zero-order chi connectivity index (χ0) is 11.1. The number of pyridine rings is 1. The Hall–Kier alpha value is -1.10. The van der Waals surface area contributed by atoms with E-state index < -0.39 is 17.3 Å². The lowest BCUT2D eigenvalue weighted by atomic mass is 10.1. The van der Waals surface area contributed by atoms with E-state index in [-0.39, 0.29) is 0 Å². The third kappa shape index (κ3) is 2.47. The summed E-state index contributed by atoms with van der Waals surface area (Å²) in [6, 6.07) is 2.31. The lowest BCUT2D eigenvalue weighted by molar-refractivity contribution is -0.137. The van der Waals surface area contributed by atoms with Gasteiger partial charge in [-0.15, -0.1) is 0 Å². The third-order valence-electron chi connectivity index (χ3n) is 2.49. The summed E-state index contributed by atoms with van der Waals surface area (Å²) >= 11 is 0. The Morgan fingerprint density at radius 3 is 2.40 bits per heavy atom. The summed E-state index contributed by atoms with van der Waals surface area (Å²) in [6.45, 7) is 0. The molecule has 1 saturated carbocycles. The van der Waals surface area contributed by atoms with Crippen molar-refractivity contribution in [3.63, 3.8) is 0 Å². The molecule has 82 valence electrons. The van der Waals surface area contributed by atoms with Crippen molar-refractivity contribution < 1.29 is 18.3 Å². The molecule has 1 fully saturated rings. The second kappa shape index (κ2) is 3.20. The number of aromatic nitrogens is 1. The van der Waals surface area contributed by atoms with Crippen molar-refractivity contribution in [2.24, 2.45) is 0 Å². The molecule has 1 N–H and O–H groups in total. The van der Waals surface area contributed by atoms with Gasteiger partial charge >= 0.3 is 6.18 Å². The smallest absolute Gasteiger partial charge is 0.389 e. The molecule has 0 atom stereocenters. The first kappa shape index (κ1) is 10.4. The van der Waals surface area contributed by atoms with Crippen molar-refractivity contribution >= 4 is 0 Å². The van der Waals surface area contributed by atoms with Gasteiger partial charge in [0, 0.05) is 18.3 Å². The van der Waals surface area contributed by atoms with E-state index in [0.717, 1.165) is 12.3 Å². The molecule has 0 spiro atoms. The third-order valence-corrected chi connectivity index (χ3v) is 2.49. The largest absolute Gasteiger partial charge is 0.417 e. The Morgan fingerprint density at radius 1 is 1.33 bits per heavy atom. The normalized spacial score (nSPS) is 18.9. The summed E-state index contributed by atoms with van der Waals surface area (Å²) in [5.41, 5.74) is -0.968. The SMILES string of the molecule is OC1(Cc2ccc(C(F)(F)F)cn2)CC1. The van der Waals surface area contributed by atoms with Crippen LogP contribution >= 0.6 is 0 Å². The molecule has 1 aromatic rings. The minimum Gasteiger partial charge on any atom is -0.389 e. The zero-order valence-corrected chi connectivity index (χ0v) is 7.88. The average molecular weight is 217 g/mol. The molecule has 0 unspecified atom stereocenters. The fourth-order valence-electron chi connectivity index (χ4n) is 1.35. The van der Waals surface area contributed by atoms with Gasteiger partial charge in [0.15, 0.2) is 0 Å². The van der Waals surface area contributed by atoms with Crippen molar-refractivity contribution in [2.75, 3.05) is 0 Å². The minimum atomic E-state index is -4.35. The van der Waals surface area contributed by atoms with Crippen LogP contribution < -0.4 is 0 Å². The molecule has 0 bridgehead atoms. The lowest BCUT2D eigenvalue weighted by Crippen LogP contribution is -2.13. The van der Waals surface area contributed by atoms with Crippen molar-refractivity contribution in [1.29, 1.82) is 0 Å². The van der Waals surface area contributed by atoms with Crippen LogP contribution in [0.5, 0.6) is 0 Å². The molecule has 0 radical (unpaired) electrons. The van der Waals surface area contributed by atoms with Gasteiger partial charge in [-0.1, -0.05) is 0 Å². The van der Waals surface area contributed by atoms with Crippen molar-refractivity contribution in [3.8, 4) is 0 Å². The molecule has 2 nitrogen and oxygen atoms in total. The number of rotatable bonds is 2. The predicted molar refractivity (Wildman–Crippen MR) is 47.1 cm³/mol. The molecule has 1 aliphatic carbocycles. The Bertz CT molecular complexity index is 354. The summed E-state index contributed by atoms with van der Waals surface area (Å²) < 4.78 is 36.5. The van der Waals surface area contributed by atoms with Crippen LogP contribution in [0, 0.1) is 0 Å². The van der Waals surface area contributed by atoms with Crippen LogP contribution in [0.25, 0.3) is 0 Å². The standard InChI is InChI=1S/C10H10F3NO/c11-10(12,13)7-1-2-8(14-6-7)5-9(15)3-4-9/h1-2,6,15H,3-5H2. The van der Waals surface area contributed by atoms with Crippen LogP contribution in [-0.2, 0) is 12.6 Å². The Labute approximate surface area is 84.8 Å². The molecule has 1 aliphatic rings. The summed E-state index contributed by atoms with van der Waals surface area (Å²) in [5.74, 6) is 0. The minimum absolute atomic E-state index is 0.338. The first-order chi connectivity index (χ1) is 6.89. The van der Waals surface area contributed by atoms with E-state index in [1.807, 2.05) is 0 Å². The Kier molecular flexibility index (Phi) is 2.22. The number of nitrogens with zero attached hydrogens (tertiary/aromatic N) is 1. The number of hydrogen-bond donors (Lipinski definition) is 1. The van der Waals surface area contributed by atoms with E-state index in [1.165, 1.54) is 6.07 Å². The van der Waals surface area contributed by atoms with Crippen LogP contribution in [-0.4, -0.2) is 15.7 Å². The molecule has 0 saturated heterocycles. The van der Waals surface area contributed by atoms with E-state index in [4.69, 9.17) is 0 Å². The lowest BCUT2D eigenvalue weighted by Gasteiger charge is -2.09. The molecule has 5 heteroatoms. The van der Waals surface area contributed by atoms with Crippen LogP contribution in [0.3, 0.4) is 0 Å². The van der Waals surface area contributed by atoms with Gasteiger partial charge in [-0.25, -0.2) is 0 Å². The van der Waals surface area contributed by atoms with Crippen molar-refractivity contribution in [3.05, 3.63) is 29.6 Å². The van der Waals surface area contributed by atoms with E-state index in [2.05, 4.69) is 4.98 Å². The highest BCUT2D eigenvalue weighted by Crippen LogP contribution is 2.38. The van der Waals surface area contributed by atoms with Gasteiger partial charge in [-0.05, 0) is 25.0 Å². The van der Waals surface area contributed by atoms with E-state index in [1.54, 1.807) is 0 Å². The maximum Gasteiger partial charge on any atom is 0.417 e. The first-order valence-corrected chi connectivity index (χ1v) is 4.64. The first-order valence-electron chi connectivity index (χ1n) is 4.64. The number of aliphatic hydroxyl groups is 1. The fourth-order valence-corrected chi connectivity index (χ4v) is 1.35. The summed E-state index contributed by atoms with van der Waals surface area (Å²) in [4.78, 5) is 3.69. The predicted octanol–water partition coefficient (Wildman–Crippen LogP) is 2.17. The van der Waals surface area contributed by atoms with Gasteiger partial charge in [-0.3, -0.25) is 4.98 Å². The van der Waals surface area contributed by atoms with Crippen LogP contribution in [0.15, 0.2) is 18.3 Å². The molecule has 0 aliphatic heterocycles. The molecule has 0 amide bonds. The number of hydrogen-bond acceptors (Lipinski definition) is 2. The second-order valence-corrected chi connectivity index (χ2v) is 3.94. The van der Waals surface area contributed by atoms with E-state index in [0.29, 0.717) is 25.0 Å². The maximum atomic E-state index is 12.2. The molecule has 15 heavy (non-hydrogen) atoms. The molecule has 0 aromatic carbocycles. The van der Waals surface area contributed by atoms with Gasteiger partial charge in [0.05, 0.1) is 11.2 Å². The quantitative estimate of drug-likeness (QED) is 0.823. The average Bonchev–Trinajstić information content (AvgIpc) is 2.82. The second-order valence-electron chi connectivity index (χ2n) is 3.94. The van der Waals surface area contributed by atoms with Crippen LogP contribution in [0.1, 0.15) is 24.1 Å². The maximum absolute atomic E-state index is 12.2. The van der Waals surface area contributed by atoms with Crippen LogP contribution in [0.2, 0.25) is 0 Å². The van der Waals surface area contributed by atoms with Crippen LogP contribution in [0.4, 0.5) is 13.2 Å². The van der Waals surface area contributed by atoms with E-state index in [9.17, 15) is 18.3 Å². The van der Waals surface area contributed by atoms with E-state index >= 15 is 0 Å². The highest BCUT2D eigenvalue weighted by atomic mass is 19.4. The monoisotopic (exact) mass is 217 g/mol. The van der Waals surface area contributed by atoms with Gasteiger partial charge in [-0.2, -0.15) is 13.2 Å². The van der Waals surface area contributed by atoms with Gasteiger partial charge in [0.1, 0.15) is 0 Å². The van der Waals surface area contributed by atoms with Gasteiger partial charge in [0.2, 0.25) is 0 Å². The molecule has 1 heterocycles. The molecular weight excluding hydrogens is 207 g/mol. The van der Waals surface area contributed by atoms with Gasteiger partial charge in [0.25, 0.3) is 0 Å².